The van der Waals surface area contributed by atoms with Crippen molar-refractivity contribution in [1.82, 2.24) is 20.4 Å². The second kappa shape index (κ2) is 18.0. The standard InChI is InChI=1S/C19H43N5O/c1-6-13-24(14-7-2)16-9-11-21-19(20-8-3)22-12-17-23(4)15-10-18-25-5/h6-18H2,1-5H3,(H2,20,21,22). The zero-order chi connectivity index (χ0) is 18.8. The molecule has 0 unspecified atom stereocenters. The Labute approximate surface area is 156 Å². The molecule has 0 spiro atoms. The fraction of sp³-hybridized carbons (Fsp3) is 0.947. The maximum atomic E-state index is 5.09. The number of likely N-dealkylation sites (N-methyl/N-ethyl adjacent to an activating group) is 1. The lowest BCUT2D eigenvalue weighted by Gasteiger charge is -2.20. The summed E-state index contributed by atoms with van der Waals surface area (Å²) in [5.74, 6) is 0.935. The van der Waals surface area contributed by atoms with Crippen molar-refractivity contribution in [2.75, 3.05) is 73.1 Å². The van der Waals surface area contributed by atoms with Gasteiger partial charge in [-0.15, -0.1) is 0 Å². The molecule has 0 amide bonds. The first-order valence-corrected chi connectivity index (χ1v) is 10.1. The second-order valence-corrected chi connectivity index (χ2v) is 6.53. The highest BCUT2D eigenvalue weighted by atomic mass is 16.5. The van der Waals surface area contributed by atoms with Crippen molar-refractivity contribution in [3.8, 4) is 0 Å². The fourth-order valence-corrected chi connectivity index (χ4v) is 2.75. The van der Waals surface area contributed by atoms with Crippen molar-refractivity contribution in [3.05, 3.63) is 0 Å². The van der Waals surface area contributed by atoms with E-state index in [1.54, 1.807) is 7.11 Å². The van der Waals surface area contributed by atoms with E-state index in [0.717, 1.165) is 64.7 Å². The van der Waals surface area contributed by atoms with Gasteiger partial charge in [0.1, 0.15) is 0 Å². The maximum Gasteiger partial charge on any atom is 0.191 e. The predicted molar refractivity (Wildman–Crippen MR) is 110 cm³/mol. The van der Waals surface area contributed by atoms with Gasteiger partial charge in [-0.05, 0) is 59.3 Å². The molecular formula is C19H43N5O. The molecule has 150 valence electrons. The van der Waals surface area contributed by atoms with Gasteiger partial charge in [0.25, 0.3) is 0 Å². The molecule has 0 saturated carbocycles. The number of hydrogen-bond acceptors (Lipinski definition) is 4. The third-order valence-corrected chi connectivity index (χ3v) is 4.00. The molecule has 0 rings (SSSR count). The Hall–Kier alpha value is -0.850. The summed E-state index contributed by atoms with van der Waals surface area (Å²) in [6.07, 6.45) is 4.65. The zero-order valence-corrected chi connectivity index (χ0v) is 17.4. The monoisotopic (exact) mass is 357 g/mol. The first kappa shape index (κ1) is 24.1. The highest BCUT2D eigenvalue weighted by molar-refractivity contribution is 5.79. The Morgan fingerprint density at radius 3 is 2.24 bits per heavy atom. The van der Waals surface area contributed by atoms with Crippen LogP contribution in [0.2, 0.25) is 0 Å². The Balaban J connectivity index is 4.02. The lowest BCUT2D eigenvalue weighted by atomic mass is 10.3. The molecule has 0 radical (unpaired) electrons. The van der Waals surface area contributed by atoms with E-state index in [9.17, 15) is 0 Å². The fourth-order valence-electron chi connectivity index (χ4n) is 2.75. The average Bonchev–Trinajstić information content (AvgIpc) is 2.59. The van der Waals surface area contributed by atoms with Gasteiger partial charge in [-0.25, -0.2) is 0 Å². The first-order chi connectivity index (χ1) is 12.2. The summed E-state index contributed by atoms with van der Waals surface area (Å²) in [7, 11) is 3.90. The van der Waals surface area contributed by atoms with Gasteiger partial charge >= 0.3 is 0 Å². The van der Waals surface area contributed by atoms with Crippen molar-refractivity contribution >= 4 is 5.96 Å². The number of nitrogens with one attached hydrogen (secondary N) is 2. The molecular weight excluding hydrogens is 314 g/mol. The molecule has 0 aromatic heterocycles. The van der Waals surface area contributed by atoms with E-state index >= 15 is 0 Å². The number of guanidine groups is 1. The van der Waals surface area contributed by atoms with Gasteiger partial charge in [-0.1, -0.05) is 13.8 Å². The van der Waals surface area contributed by atoms with E-state index < -0.39 is 0 Å². The van der Waals surface area contributed by atoms with Crippen molar-refractivity contribution in [3.63, 3.8) is 0 Å². The van der Waals surface area contributed by atoms with Crippen LogP contribution >= 0.6 is 0 Å². The molecule has 0 bridgehead atoms. The number of methoxy groups -OCH3 is 1. The molecule has 0 fully saturated rings. The molecule has 0 aromatic carbocycles. The van der Waals surface area contributed by atoms with Crippen LogP contribution in [0.1, 0.15) is 46.5 Å². The van der Waals surface area contributed by atoms with Crippen LogP contribution in [-0.4, -0.2) is 88.9 Å². The zero-order valence-electron chi connectivity index (χ0n) is 17.4. The molecule has 0 aliphatic carbocycles. The molecule has 0 aliphatic rings. The smallest absolute Gasteiger partial charge is 0.191 e. The number of ether oxygens (including phenoxy) is 1. The van der Waals surface area contributed by atoms with Crippen LogP contribution in [0.3, 0.4) is 0 Å². The minimum Gasteiger partial charge on any atom is -0.385 e. The summed E-state index contributed by atoms with van der Waals surface area (Å²) < 4.78 is 5.09. The molecule has 0 aliphatic heterocycles. The summed E-state index contributed by atoms with van der Waals surface area (Å²) in [4.78, 5) is 9.58. The summed E-state index contributed by atoms with van der Waals surface area (Å²) >= 11 is 0. The minimum atomic E-state index is 0.828. The lowest BCUT2D eigenvalue weighted by Crippen LogP contribution is -2.41. The molecule has 0 aromatic rings. The van der Waals surface area contributed by atoms with E-state index in [2.05, 4.69) is 48.3 Å². The van der Waals surface area contributed by atoms with Crippen molar-refractivity contribution in [2.45, 2.75) is 46.5 Å². The Bertz CT molecular complexity index is 306. The van der Waals surface area contributed by atoms with Crippen LogP contribution in [0.5, 0.6) is 0 Å². The van der Waals surface area contributed by atoms with Gasteiger partial charge < -0.3 is 25.2 Å². The van der Waals surface area contributed by atoms with E-state index in [-0.39, 0.29) is 0 Å². The molecule has 2 N–H and O–H groups in total. The van der Waals surface area contributed by atoms with Gasteiger partial charge in [0.15, 0.2) is 5.96 Å². The van der Waals surface area contributed by atoms with Crippen LogP contribution in [-0.2, 0) is 4.74 Å². The lowest BCUT2D eigenvalue weighted by molar-refractivity contribution is 0.180. The summed E-state index contributed by atoms with van der Waals surface area (Å²) in [6, 6.07) is 0. The van der Waals surface area contributed by atoms with E-state index in [0.29, 0.717) is 0 Å². The molecule has 25 heavy (non-hydrogen) atoms. The van der Waals surface area contributed by atoms with E-state index in [4.69, 9.17) is 9.73 Å². The van der Waals surface area contributed by atoms with Gasteiger partial charge in [0.05, 0.1) is 0 Å². The molecule has 0 atom stereocenters. The van der Waals surface area contributed by atoms with Crippen molar-refractivity contribution in [2.24, 2.45) is 4.99 Å². The highest BCUT2D eigenvalue weighted by Gasteiger charge is 2.03. The number of rotatable bonds is 16. The normalized spacial score (nSPS) is 12.2. The summed E-state index contributed by atoms with van der Waals surface area (Å²) in [6.45, 7) is 15.7. The minimum absolute atomic E-state index is 0.828. The van der Waals surface area contributed by atoms with Crippen LogP contribution in [0.15, 0.2) is 4.99 Å². The first-order valence-electron chi connectivity index (χ1n) is 10.1. The van der Waals surface area contributed by atoms with Crippen LogP contribution < -0.4 is 10.6 Å². The van der Waals surface area contributed by atoms with Crippen LogP contribution in [0, 0.1) is 0 Å². The number of hydrogen-bond donors (Lipinski definition) is 2. The van der Waals surface area contributed by atoms with Crippen LogP contribution in [0.4, 0.5) is 0 Å². The SMILES string of the molecule is CCCN(CCC)CCCN=C(NCC)NCCN(C)CCCOC. The molecule has 0 heterocycles. The Morgan fingerprint density at radius 1 is 0.920 bits per heavy atom. The molecule has 6 heteroatoms. The Kier molecular flexibility index (Phi) is 17.3. The molecule has 6 nitrogen and oxygen atoms in total. The summed E-state index contributed by atoms with van der Waals surface area (Å²) in [5.41, 5.74) is 0. The van der Waals surface area contributed by atoms with Crippen molar-refractivity contribution < 1.29 is 4.74 Å². The van der Waals surface area contributed by atoms with E-state index in [1.807, 2.05) is 0 Å². The summed E-state index contributed by atoms with van der Waals surface area (Å²) in [5, 5.41) is 6.77. The predicted octanol–water partition coefficient (Wildman–Crippen LogP) is 2.02. The largest absolute Gasteiger partial charge is 0.385 e. The van der Waals surface area contributed by atoms with Gasteiger partial charge in [-0.3, -0.25) is 4.99 Å². The van der Waals surface area contributed by atoms with Crippen molar-refractivity contribution in [1.29, 1.82) is 0 Å². The van der Waals surface area contributed by atoms with Gasteiger partial charge in [-0.2, -0.15) is 0 Å². The van der Waals surface area contributed by atoms with Gasteiger partial charge in [0.2, 0.25) is 0 Å². The third-order valence-electron chi connectivity index (χ3n) is 4.00. The Morgan fingerprint density at radius 2 is 1.64 bits per heavy atom. The average molecular weight is 358 g/mol. The highest BCUT2D eigenvalue weighted by Crippen LogP contribution is 1.96. The third kappa shape index (κ3) is 15.1. The quantitative estimate of drug-likeness (QED) is 0.251. The van der Waals surface area contributed by atoms with Gasteiger partial charge in [0, 0.05) is 46.4 Å². The number of nitrogens with zero attached hydrogens (tertiary/aromatic N) is 3. The topological polar surface area (TPSA) is 52.1 Å². The maximum absolute atomic E-state index is 5.09. The molecule has 0 saturated heterocycles. The number of aliphatic imine (C=N–C) groups is 1. The second-order valence-electron chi connectivity index (χ2n) is 6.53. The van der Waals surface area contributed by atoms with E-state index in [1.165, 1.54) is 25.9 Å². The van der Waals surface area contributed by atoms with Crippen LogP contribution in [0.25, 0.3) is 0 Å².